The summed E-state index contributed by atoms with van der Waals surface area (Å²) in [5, 5.41) is 6.59. The highest BCUT2D eigenvalue weighted by Crippen LogP contribution is 2.29. The summed E-state index contributed by atoms with van der Waals surface area (Å²) in [6.07, 6.45) is 1.95. The fraction of sp³-hybridized carbons (Fsp3) is 0.476. The Morgan fingerprint density at radius 3 is 2.77 bits per heavy atom. The smallest absolute Gasteiger partial charge is 0.338 e. The molecule has 1 N–H and O–H groups in total. The van der Waals surface area contributed by atoms with Crippen molar-refractivity contribution in [3.05, 3.63) is 40.8 Å². The van der Waals surface area contributed by atoms with Crippen molar-refractivity contribution in [1.29, 1.82) is 0 Å². The Labute approximate surface area is 174 Å². The molecule has 3 rings (SSSR count). The van der Waals surface area contributed by atoms with Crippen LogP contribution >= 0.6 is 0 Å². The number of nitrogens with one attached hydrogen (secondary N) is 1. The molecule has 9 heteroatoms. The number of methoxy groups -OCH3 is 1. The Morgan fingerprint density at radius 2 is 2.10 bits per heavy atom. The Balaban J connectivity index is 1.52. The van der Waals surface area contributed by atoms with E-state index in [1.54, 1.807) is 12.1 Å². The first-order chi connectivity index (χ1) is 14.5. The van der Waals surface area contributed by atoms with E-state index in [2.05, 4.69) is 10.5 Å². The minimum absolute atomic E-state index is 0.0341. The van der Waals surface area contributed by atoms with Crippen molar-refractivity contribution in [2.75, 3.05) is 26.9 Å². The highest BCUT2D eigenvalue weighted by molar-refractivity contribution is 5.92. The first kappa shape index (κ1) is 21.6. The van der Waals surface area contributed by atoms with Crippen molar-refractivity contribution >= 4 is 11.9 Å². The molecule has 1 saturated heterocycles. The van der Waals surface area contributed by atoms with E-state index in [1.807, 2.05) is 13.8 Å². The average molecular weight is 418 g/mol. The molecule has 1 unspecified atom stereocenters. The zero-order valence-electron chi connectivity index (χ0n) is 17.4. The van der Waals surface area contributed by atoms with Gasteiger partial charge in [-0.05, 0) is 44.9 Å². The van der Waals surface area contributed by atoms with Gasteiger partial charge in [-0.25, -0.2) is 4.79 Å². The zero-order valence-corrected chi connectivity index (χ0v) is 17.4. The number of benzene rings is 1. The second kappa shape index (κ2) is 10.1. The topological polar surface area (TPSA) is 109 Å². The van der Waals surface area contributed by atoms with Crippen LogP contribution in [-0.4, -0.2) is 50.0 Å². The number of rotatable bonds is 9. The monoisotopic (exact) mass is 418 g/mol. The molecule has 0 spiro atoms. The van der Waals surface area contributed by atoms with Crippen LogP contribution in [0.15, 0.2) is 22.7 Å². The molecule has 1 atom stereocenters. The first-order valence-corrected chi connectivity index (χ1v) is 9.76. The van der Waals surface area contributed by atoms with Gasteiger partial charge < -0.3 is 28.8 Å². The number of esters is 1. The van der Waals surface area contributed by atoms with Gasteiger partial charge in [0.2, 0.25) is 0 Å². The van der Waals surface area contributed by atoms with Crippen molar-refractivity contribution in [2.24, 2.45) is 0 Å². The molecule has 1 amide bonds. The predicted octanol–water partition coefficient (Wildman–Crippen LogP) is 2.33. The van der Waals surface area contributed by atoms with Crippen LogP contribution in [0.2, 0.25) is 0 Å². The first-order valence-electron chi connectivity index (χ1n) is 9.76. The summed E-state index contributed by atoms with van der Waals surface area (Å²) in [5.74, 6) is 0.523. The van der Waals surface area contributed by atoms with Crippen LogP contribution in [0.4, 0.5) is 0 Å². The van der Waals surface area contributed by atoms with Crippen LogP contribution in [0.25, 0.3) is 0 Å². The quantitative estimate of drug-likeness (QED) is 0.618. The number of nitrogens with zero attached hydrogens (tertiary/aromatic N) is 1. The highest BCUT2D eigenvalue weighted by Gasteiger charge is 2.18. The van der Waals surface area contributed by atoms with Gasteiger partial charge in [-0.3, -0.25) is 4.79 Å². The van der Waals surface area contributed by atoms with Gasteiger partial charge in [-0.2, -0.15) is 0 Å². The molecule has 9 nitrogen and oxygen atoms in total. The predicted molar refractivity (Wildman–Crippen MR) is 106 cm³/mol. The second-order valence-electron chi connectivity index (χ2n) is 6.97. The summed E-state index contributed by atoms with van der Waals surface area (Å²) in [7, 11) is 1.48. The molecule has 2 aromatic rings. The van der Waals surface area contributed by atoms with Crippen LogP contribution in [0.5, 0.6) is 11.5 Å². The fourth-order valence-electron chi connectivity index (χ4n) is 3.07. The summed E-state index contributed by atoms with van der Waals surface area (Å²) < 4.78 is 26.8. The maximum atomic E-state index is 12.3. The number of hydrogen-bond donors (Lipinski definition) is 1. The normalized spacial score (nSPS) is 15.6. The lowest BCUT2D eigenvalue weighted by Crippen LogP contribution is -2.34. The highest BCUT2D eigenvalue weighted by atomic mass is 16.5. The van der Waals surface area contributed by atoms with Crippen molar-refractivity contribution in [3.63, 3.8) is 0 Å². The SMILES string of the molecule is COc1cc(C(=O)OCC(=O)NCC2CCCO2)ccc1OCc1c(C)noc1C. The van der Waals surface area contributed by atoms with Gasteiger partial charge >= 0.3 is 5.97 Å². The molecule has 1 aromatic carbocycles. The van der Waals surface area contributed by atoms with Gasteiger partial charge in [0.05, 0.1) is 30.0 Å². The van der Waals surface area contributed by atoms with Crippen molar-refractivity contribution in [1.82, 2.24) is 10.5 Å². The van der Waals surface area contributed by atoms with E-state index in [-0.39, 0.29) is 30.8 Å². The molecule has 1 aliphatic heterocycles. The molecule has 0 bridgehead atoms. The molecule has 1 aliphatic rings. The van der Waals surface area contributed by atoms with E-state index in [4.69, 9.17) is 23.5 Å². The summed E-state index contributed by atoms with van der Waals surface area (Å²) in [6.45, 7) is 4.68. The molecule has 0 aliphatic carbocycles. The van der Waals surface area contributed by atoms with Crippen LogP contribution in [0.3, 0.4) is 0 Å². The summed E-state index contributed by atoms with van der Waals surface area (Å²) >= 11 is 0. The largest absolute Gasteiger partial charge is 0.493 e. The summed E-state index contributed by atoms with van der Waals surface area (Å²) in [4.78, 5) is 24.1. The Bertz CT molecular complexity index is 868. The van der Waals surface area contributed by atoms with E-state index < -0.39 is 5.97 Å². The van der Waals surface area contributed by atoms with Gasteiger partial charge in [0.1, 0.15) is 12.4 Å². The van der Waals surface area contributed by atoms with Crippen molar-refractivity contribution < 1.29 is 33.1 Å². The molecular weight excluding hydrogens is 392 g/mol. The molecule has 1 aromatic heterocycles. The number of hydrogen-bond acceptors (Lipinski definition) is 8. The number of amides is 1. The zero-order chi connectivity index (χ0) is 21.5. The lowest BCUT2D eigenvalue weighted by molar-refractivity contribution is -0.124. The van der Waals surface area contributed by atoms with Crippen molar-refractivity contribution in [2.45, 2.75) is 39.4 Å². The van der Waals surface area contributed by atoms with Crippen LogP contribution in [0, 0.1) is 13.8 Å². The minimum Gasteiger partial charge on any atom is -0.493 e. The number of carbonyl (C=O) groups excluding carboxylic acids is 2. The third-order valence-electron chi connectivity index (χ3n) is 4.84. The maximum Gasteiger partial charge on any atom is 0.338 e. The standard InChI is InChI=1S/C21H26N2O7/c1-13-17(14(2)30-23-13)11-28-18-7-6-15(9-19(18)26-3)21(25)29-12-20(24)22-10-16-5-4-8-27-16/h6-7,9,16H,4-5,8,10-12H2,1-3H3,(H,22,24). The lowest BCUT2D eigenvalue weighted by Gasteiger charge is -2.13. The van der Waals surface area contributed by atoms with Gasteiger partial charge in [0.25, 0.3) is 5.91 Å². The number of aromatic nitrogens is 1. The minimum atomic E-state index is -0.627. The fourth-order valence-corrected chi connectivity index (χ4v) is 3.07. The summed E-state index contributed by atoms with van der Waals surface area (Å²) in [6, 6.07) is 4.68. The Morgan fingerprint density at radius 1 is 1.27 bits per heavy atom. The number of carbonyl (C=O) groups is 2. The number of aryl methyl sites for hydroxylation is 2. The molecule has 0 radical (unpaired) electrons. The second-order valence-corrected chi connectivity index (χ2v) is 6.97. The van der Waals surface area contributed by atoms with E-state index in [0.717, 1.165) is 30.7 Å². The van der Waals surface area contributed by atoms with Crippen LogP contribution in [-0.2, 0) is 20.9 Å². The molecule has 0 saturated carbocycles. The molecule has 162 valence electrons. The van der Waals surface area contributed by atoms with Crippen molar-refractivity contribution in [3.8, 4) is 11.5 Å². The molecular formula is C21H26N2O7. The van der Waals surface area contributed by atoms with Gasteiger partial charge in [0.15, 0.2) is 18.1 Å². The summed E-state index contributed by atoms with van der Waals surface area (Å²) in [5.41, 5.74) is 1.86. The third kappa shape index (κ3) is 5.50. The van der Waals surface area contributed by atoms with Crippen LogP contribution < -0.4 is 14.8 Å². The Kier molecular flexibility index (Phi) is 7.29. The maximum absolute atomic E-state index is 12.3. The molecule has 2 heterocycles. The van der Waals surface area contributed by atoms with Crippen LogP contribution in [0.1, 0.15) is 40.2 Å². The number of ether oxygens (including phenoxy) is 4. The average Bonchev–Trinajstić information content (AvgIpc) is 3.38. The van der Waals surface area contributed by atoms with E-state index in [1.165, 1.54) is 13.2 Å². The Hall–Kier alpha value is -3.07. The van der Waals surface area contributed by atoms with E-state index in [9.17, 15) is 9.59 Å². The third-order valence-corrected chi connectivity index (χ3v) is 4.84. The van der Waals surface area contributed by atoms with E-state index in [0.29, 0.717) is 23.8 Å². The van der Waals surface area contributed by atoms with Gasteiger partial charge in [-0.1, -0.05) is 5.16 Å². The van der Waals surface area contributed by atoms with Gasteiger partial charge in [-0.15, -0.1) is 0 Å². The lowest BCUT2D eigenvalue weighted by atomic mass is 10.2. The molecule has 1 fully saturated rings. The molecule has 30 heavy (non-hydrogen) atoms. The van der Waals surface area contributed by atoms with Gasteiger partial charge in [0, 0.05) is 13.2 Å². The van der Waals surface area contributed by atoms with E-state index >= 15 is 0 Å².